The van der Waals surface area contributed by atoms with Crippen LogP contribution in [0.3, 0.4) is 0 Å². The van der Waals surface area contributed by atoms with E-state index >= 15 is 0 Å². The van der Waals surface area contributed by atoms with Crippen molar-refractivity contribution in [2.75, 3.05) is 13.7 Å². The SMILES string of the molecule is COc1ccc(COC2C(O)[C@H](n3ccc(=O)[nH]c3=O)O[C@@H]2[C@@H](CCCN=[N+]=[N-])OCc2ccccc2)cc1. The lowest BCUT2D eigenvalue weighted by Crippen LogP contribution is -2.42. The van der Waals surface area contributed by atoms with Gasteiger partial charge in [0.05, 0.1) is 26.4 Å². The van der Waals surface area contributed by atoms with Crippen LogP contribution in [0.1, 0.15) is 30.2 Å². The standard InChI is InChI=1S/C27H31N5O7/c1-36-20-11-9-19(10-12-20)17-38-25-23(34)26(32-15-13-22(33)30-27(32)35)39-24(25)21(8-5-14-29-31-28)37-16-18-6-3-2-4-7-18/h2-4,6-7,9-13,15,21,23-26,34H,5,8,14,16-17H2,1H3,(H,30,33,35)/t21-,23?,24-,25?,26-/m1/s1. The highest BCUT2D eigenvalue weighted by molar-refractivity contribution is 5.26. The molecule has 0 spiro atoms. The summed E-state index contributed by atoms with van der Waals surface area (Å²) in [4.78, 5) is 29.1. The zero-order chi connectivity index (χ0) is 27.6. The minimum absolute atomic E-state index is 0.156. The Balaban J connectivity index is 1.60. The second-order valence-corrected chi connectivity index (χ2v) is 9.05. The fourth-order valence-corrected chi connectivity index (χ4v) is 4.47. The molecule has 5 atom stereocenters. The summed E-state index contributed by atoms with van der Waals surface area (Å²) in [6, 6.07) is 18.1. The van der Waals surface area contributed by atoms with Crippen molar-refractivity contribution in [3.05, 3.63) is 109 Å². The number of azide groups is 1. The smallest absolute Gasteiger partial charge is 0.330 e. The van der Waals surface area contributed by atoms with Crippen LogP contribution in [0.15, 0.2) is 81.6 Å². The van der Waals surface area contributed by atoms with Gasteiger partial charge in [0.1, 0.15) is 24.1 Å². The summed E-state index contributed by atoms with van der Waals surface area (Å²) < 4.78 is 25.1. The highest BCUT2D eigenvalue weighted by Crippen LogP contribution is 2.35. The molecule has 3 aromatic rings. The monoisotopic (exact) mass is 537 g/mol. The number of aliphatic hydroxyl groups is 1. The van der Waals surface area contributed by atoms with E-state index in [1.54, 1.807) is 7.11 Å². The Hall–Kier alpha value is -3.93. The van der Waals surface area contributed by atoms with Gasteiger partial charge in [-0.15, -0.1) is 0 Å². The molecule has 1 aromatic heterocycles. The van der Waals surface area contributed by atoms with E-state index in [0.29, 0.717) is 18.6 Å². The van der Waals surface area contributed by atoms with Gasteiger partial charge in [0, 0.05) is 23.7 Å². The van der Waals surface area contributed by atoms with Crippen molar-refractivity contribution >= 4 is 0 Å². The molecule has 1 fully saturated rings. The van der Waals surface area contributed by atoms with Gasteiger partial charge in [0.25, 0.3) is 5.56 Å². The van der Waals surface area contributed by atoms with Crippen LogP contribution >= 0.6 is 0 Å². The summed E-state index contributed by atoms with van der Waals surface area (Å²) in [6.07, 6.45) is -2.38. The molecule has 2 unspecified atom stereocenters. The van der Waals surface area contributed by atoms with E-state index in [-0.39, 0.29) is 19.8 Å². The van der Waals surface area contributed by atoms with E-state index in [2.05, 4.69) is 15.0 Å². The van der Waals surface area contributed by atoms with Gasteiger partial charge in [-0.2, -0.15) is 0 Å². The highest BCUT2D eigenvalue weighted by Gasteiger charge is 2.49. The third-order valence-electron chi connectivity index (χ3n) is 6.46. The maximum Gasteiger partial charge on any atom is 0.330 e. The Morgan fingerprint density at radius 2 is 1.85 bits per heavy atom. The van der Waals surface area contributed by atoms with Gasteiger partial charge in [0.15, 0.2) is 6.23 Å². The first kappa shape index (κ1) is 28.1. The minimum atomic E-state index is -1.25. The molecular weight excluding hydrogens is 506 g/mol. The number of aliphatic hydroxyl groups excluding tert-OH is 1. The number of nitrogens with one attached hydrogen (secondary N) is 1. The van der Waals surface area contributed by atoms with Gasteiger partial charge in [-0.25, -0.2) is 4.79 Å². The fourth-order valence-electron chi connectivity index (χ4n) is 4.47. The second kappa shape index (κ2) is 13.7. The van der Waals surface area contributed by atoms with Crippen molar-refractivity contribution in [3.63, 3.8) is 0 Å². The summed E-state index contributed by atoms with van der Waals surface area (Å²) in [7, 11) is 1.58. The van der Waals surface area contributed by atoms with E-state index in [1.165, 1.54) is 12.3 Å². The molecule has 12 nitrogen and oxygen atoms in total. The lowest BCUT2D eigenvalue weighted by molar-refractivity contribution is -0.127. The first-order valence-electron chi connectivity index (χ1n) is 12.6. The molecular formula is C27H31N5O7. The third kappa shape index (κ3) is 7.34. The molecule has 1 aliphatic heterocycles. The van der Waals surface area contributed by atoms with Crippen molar-refractivity contribution < 1.29 is 24.1 Å². The van der Waals surface area contributed by atoms with E-state index in [9.17, 15) is 14.7 Å². The van der Waals surface area contributed by atoms with Gasteiger partial charge in [-0.05, 0) is 41.6 Å². The number of hydrogen-bond acceptors (Lipinski definition) is 8. The van der Waals surface area contributed by atoms with E-state index in [4.69, 9.17) is 24.5 Å². The topological polar surface area (TPSA) is 161 Å². The van der Waals surface area contributed by atoms with Crippen LogP contribution in [0.4, 0.5) is 0 Å². The van der Waals surface area contributed by atoms with Crippen LogP contribution in [-0.4, -0.2) is 52.7 Å². The number of nitrogens with zero attached hydrogens (tertiary/aromatic N) is 4. The average Bonchev–Trinajstić information content (AvgIpc) is 3.27. The first-order valence-corrected chi connectivity index (χ1v) is 12.6. The number of methoxy groups -OCH3 is 1. The Morgan fingerprint density at radius 1 is 1.10 bits per heavy atom. The maximum atomic E-state index is 12.5. The largest absolute Gasteiger partial charge is 0.497 e. The van der Waals surface area contributed by atoms with Crippen LogP contribution in [0.5, 0.6) is 5.75 Å². The lowest BCUT2D eigenvalue weighted by atomic mass is 10.0. The zero-order valence-electron chi connectivity index (χ0n) is 21.5. The summed E-state index contributed by atoms with van der Waals surface area (Å²) in [6.45, 7) is 0.692. The number of aromatic nitrogens is 2. The first-order chi connectivity index (χ1) is 19.0. The van der Waals surface area contributed by atoms with Crippen LogP contribution in [-0.2, 0) is 27.4 Å². The average molecular weight is 538 g/mol. The van der Waals surface area contributed by atoms with E-state index < -0.39 is 41.9 Å². The third-order valence-corrected chi connectivity index (χ3v) is 6.46. The molecule has 1 aliphatic rings. The quantitative estimate of drug-likeness (QED) is 0.147. The highest BCUT2D eigenvalue weighted by atomic mass is 16.6. The van der Waals surface area contributed by atoms with Gasteiger partial charge >= 0.3 is 5.69 Å². The van der Waals surface area contributed by atoms with Gasteiger partial charge < -0.3 is 24.1 Å². The molecule has 1 saturated heterocycles. The minimum Gasteiger partial charge on any atom is -0.497 e. The molecule has 0 amide bonds. The number of benzene rings is 2. The Kier molecular flexibility index (Phi) is 9.90. The summed E-state index contributed by atoms with van der Waals surface area (Å²) in [5.41, 5.74) is 9.18. The fraction of sp³-hybridized carbons (Fsp3) is 0.407. The Morgan fingerprint density at radius 3 is 2.54 bits per heavy atom. The molecule has 39 heavy (non-hydrogen) atoms. The van der Waals surface area contributed by atoms with Crippen LogP contribution < -0.4 is 16.0 Å². The predicted octanol–water partition coefficient (Wildman–Crippen LogP) is 3.06. The van der Waals surface area contributed by atoms with Gasteiger partial charge in [-0.1, -0.05) is 47.6 Å². The molecule has 2 heterocycles. The molecule has 0 saturated carbocycles. The number of ether oxygens (including phenoxy) is 4. The van der Waals surface area contributed by atoms with Crippen LogP contribution in [0.25, 0.3) is 10.4 Å². The lowest BCUT2D eigenvalue weighted by Gasteiger charge is -2.28. The molecule has 0 bridgehead atoms. The number of H-pyrrole nitrogens is 1. The van der Waals surface area contributed by atoms with Crippen molar-refractivity contribution in [1.29, 1.82) is 0 Å². The Bertz CT molecular complexity index is 1360. The van der Waals surface area contributed by atoms with E-state index in [1.807, 2.05) is 54.6 Å². The molecule has 0 radical (unpaired) electrons. The maximum absolute atomic E-state index is 12.5. The molecule has 2 N–H and O–H groups in total. The van der Waals surface area contributed by atoms with Crippen LogP contribution in [0.2, 0.25) is 0 Å². The van der Waals surface area contributed by atoms with Crippen molar-refractivity contribution in [2.24, 2.45) is 5.11 Å². The molecule has 4 rings (SSSR count). The van der Waals surface area contributed by atoms with Crippen molar-refractivity contribution in [3.8, 4) is 5.75 Å². The molecule has 12 heteroatoms. The number of hydrogen-bond donors (Lipinski definition) is 2. The molecule has 206 valence electrons. The Labute approximate surface area is 224 Å². The second-order valence-electron chi connectivity index (χ2n) is 9.05. The summed E-state index contributed by atoms with van der Waals surface area (Å²) in [5.74, 6) is 0.702. The van der Waals surface area contributed by atoms with E-state index in [0.717, 1.165) is 15.7 Å². The van der Waals surface area contributed by atoms with Gasteiger partial charge in [0.2, 0.25) is 0 Å². The molecule has 0 aliphatic carbocycles. The summed E-state index contributed by atoms with van der Waals surface area (Å²) >= 11 is 0. The van der Waals surface area contributed by atoms with Crippen molar-refractivity contribution in [2.45, 2.75) is 56.7 Å². The number of rotatable bonds is 13. The normalized spacial score (nSPS) is 21.3. The number of aromatic amines is 1. The zero-order valence-corrected chi connectivity index (χ0v) is 21.5. The predicted molar refractivity (Wildman–Crippen MR) is 141 cm³/mol. The van der Waals surface area contributed by atoms with Crippen molar-refractivity contribution in [1.82, 2.24) is 9.55 Å². The van der Waals surface area contributed by atoms with Gasteiger partial charge in [-0.3, -0.25) is 14.3 Å². The molecule has 2 aromatic carbocycles. The van der Waals surface area contributed by atoms with Crippen LogP contribution in [0, 0.1) is 0 Å². The summed E-state index contributed by atoms with van der Waals surface area (Å²) in [5, 5.41) is 14.9.